The topological polar surface area (TPSA) is 53.6 Å². The Morgan fingerprint density at radius 2 is 1.81 bits per heavy atom. The normalized spacial score (nSPS) is 24.8. The Labute approximate surface area is 134 Å². The van der Waals surface area contributed by atoms with Crippen LogP contribution in [0.1, 0.15) is 52.9 Å². The van der Waals surface area contributed by atoms with Crippen LogP contribution in [0.4, 0.5) is 0 Å². The zero-order valence-corrected chi connectivity index (χ0v) is 14.8. The van der Waals surface area contributed by atoms with Crippen LogP contribution >= 0.6 is 11.8 Å². The van der Waals surface area contributed by atoms with E-state index in [4.69, 9.17) is 10.7 Å². The molecule has 2 rings (SSSR count). The first-order valence-electron chi connectivity index (χ1n) is 8.32. The zero-order chi connectivity index (χ0) is 15.3. The molecule has 2 fully saturated rings. The van der Waals surface area contributed by atoms with Crippen molar-refractivity contribution < 1.29 is 0 Å². The number of hydrogen-bond donors (Lipinski definition) is 2. The highest BCUT2D eigenvalue weighted by Gasteiger charge is 2.38. The Bertz CT molecular complexity index is 350. The maximum Gasteiger partial charge on any atom is 0.189 e. The molecule has 0 aromatic heterocycles. The predicted molar refractivity (Wildman–Crippen MR) is 94.1 cm³/mol. The number of nitrogens with two attached hydrogens (primary N) is 1. The van der Waals surface area contributed by atoms with Gasteiger partial charge in [-0.3, -0.25) is 9.89 Å². The number of nitrogens with zero attached hydrogens (tertiary/aromatic N) is 2. The van der Waals surface area contributed by atoms with Crippen LogP contribution in [0.25, 0.3) is 0 Å². The van der Waals surface area contributed by atoms with Gasteiger partial charge in [-0.2, -0.15) is 11.8 Å². The van der Waals surface area contributed by atoms with Gasteiger partial charge in [-0.25, -0.2) is 0 Å². The smallest absolute Gasteiger partial charge is 0.189 e. The molecule has 4 nitrogen and oxygen atoms in total. The first-order valence-corrected chi connectivity index (χ1v) is 9.48. The molecule has 1 aliphatic heterocycles. The summed E-state index contributed by atoms with van der Waals surface area (Å²) in [5.41, 5.74) is 6.33. The van der Waals surface area contributed by atoms with E-state index in [1.165, 1.54) is 56.7 Å². The van der Waals surface area contributed by atoms with Crippen molar-refractivity contribution in [2.75, 3.05) is 31.1 Å². The Balaban J connectivity index is 2.03. The van der Waals surface area contributed by atoms with Gasteiger partial charge >= 0.3 is 0 Å². The number of hydrogen-bond acceptors (Lipinski definition) is 3. The second-order valence-corrected chi connectivity index (χ2v) is 8.69. The number of guanidine groups is 1. The maximum absolute atomic E-state index is 6.08. The molecule has 0 unspecified atom stereocenters. The standard InChI is InChI=1S/C16H32N4S/c1-15(2,3)19-14(17)18-13-16(7-5-4-6-8-16)20-9-11-21-12-10-20/h4-13H2,1-3H3,(H3,17,18,19). The van der Waals surface area contributed by atoms with Crippen LogP contribution < -0.4 is 11.1 Å². The maximum atomic E-state index is 6.08. The van der Waals surface area contributed by atoms with Crippen LogP contribution in [0.3, 0.4) is 0 Å². The highest BCUT2D eigenvalue weighted by molar-refractivity contribution is 7.99. The fraction of sp³-hybridized carbons (Fsp3) is 0.938. The summed E-state index contributed by atoms with van der Waals surface area (Å²) in [5.74, 6) is 3.13. The molecule has 3 N–H and O–H groups in total. The first-order chi connectivity index (χ1) is 9.91. The number of aliphatic imine (C=N–C) groups is 1. The lowest BCUT2D eigenvalue weighted by Crippen LogP contribution is -2.56. The van der Waals surface area contributed by atoms with Crippen molar-refractivity contribution in [3.8, 4) is 0 Å². The fourth-order valence-electron chi connectivity index (χ4n) is 3.48. The molecule has 0 spiro atoms. The Morgan fingerprint density at radius 3 is 2.38 bits per heavy atom. The molecule has 21 heavy (non-hydrogen) atoms. The van der Waals surface area contributed by atoms with Gasteiger partial charge in [0.15, 0.2) is 5.96 Å². The molecule has 122 valence electrons. The molecular weight excluding hydrogens is 280 g/mol. The summed E-state index contributed by atoms with van der Waals surface area (Å²) in [6, 6.07) is 0. The first kappa shape index (κ1) is 16.9. The van der Waals surface area contributed by atoms with Crippen molar-refractivity contribution in [3.05, 3.63) is 0 Å². The molecule has 0 aromatic carbocycles. The van der Waals surface area contributed by atoms with Gasteiger partial charge in [0.1, 0.15) is 0 Å². The highest BCUT2D eigenvalue weighted by Crippen LogP contribution is 2.35. The molecule has 0 amide bonds. The SMILES string of the molecule is CC(C)(C)NC(N)=NCC1(N2CCSCC2)CCCCC1. The molecule has 1 saturated heterocycles. The lowest BCUT2D eigenvalue weighted by atomic mass is 9.80. The summed E-state index contributed by atoms with van der Waals surface area (Å²) in [6.45, 7) is 9.64. The predicted octanol–water partition coefficient (Wildman–Crippen LogP) is 2.44. The lowest BCUT2D eigenvalue weighted by molar-refractivity contribution is 0.0672. The summed E-state index contributed by atoms with van der Waals surface area (Å²) < 4.78 is 0. The van der Waals surface area contributed by atoms with E-state index in [2.05, 4.69) is 42.7 Å². The van der Waals surface area contributed by atoms with Gasteiger partial charge in [0.2, 0.25) is 0 Å². The third kappa shape index (κ3) is 5.06. The van der Waals surface area contributed by atoms with Gasteiger partial charge in [-0.15, -0.1) is 0 Å². The second-order valence-electron chi connectivity index (χ2n) is 7.46. The van der Waals surface area contributed by atoms with Gasteiger partial charge in [-0.05, 0) is 33.6 Å². The van der Waals surface area contributed by atoms with Gasteiger partial charge < -0.3 is 11.1 Å². The minimum absolute atomic E-state index is 0.0188. The van der Waals surface area contributed by atoms with E-state index < -0.39 is 0 Å². The molecule has 0 aromatic rings. The van der Waals surface area contributed by atoms with E-state index in [0.29, 0.717) is 5.96 Å². The van der Waals surface area contributed by atoms with Crippen molar-refractivity contribution in [1.29, 1.82) is 0 Å². The molecule has 0 atom stereocenters. The van der Waals surface area contributed by atoms with E-state index in [0.717, 1.165) is 6.54 Å². The molecule has 5 heteroatoms. The van der Waals surface area contributed by atoms with Crippen molar-refractivity contribution in [2.24, 2.45) is 10.7 Å². The van der Waals surface area contributed by atoms with E-state index in [1.54, 1.807) is 0 Å². The Morgan fingerprint density at radius 1 is 1.19 bits per heavy atom. The highest BCUT2D eigenvalue weighted by atomic mass is 32.2. The summed E-state index contributed by atoms with van der Waals surface area (Å²) >= 11 is 2.08. The fourth-order valence-corrected chi connectivity index (χ4v) is 4.38. The van der Waals surface area contributed by atoms with Gasteiger partial charge in [0.25, 0.3) is 0 Å². The van der Waals surface area contributed by atoms with Gasteiger partial charge in [0.05, 0.1) is 6.54 Å². The average molecular weight is 313 g/mol. The third-order valence-electron chi connectivity index (χ3n) is 4.51. The average Bonchev–Trinajstić information content (AvgIpc) is 2.45. The summed E-state index contributed by atoms with van der Waals surface area (Å²) in [7, 11) is 0. The van der Waals surface area contributed by atoms with Crippen molar-refractivity contribution in [2.45, 2.75) is 64.0 Å². The minimum Gasteiger partial charge on any atom is -0.370 e. The van der Waals surface area contributed by atoms with Crippen LogP contribution in [0.5, 0.6) is 0 Å². The second kappa shape index (κ2) is 7.23. The molecular formula is C16H32N4S. The lowest BCUT2D eigenvalue weighted by Gasteiger charge is -2.47. The number of thioether (sulfide) groups is 1. The monoisotopic (exact) mass is 312 g/mol. The van der Waals surface area contributed by atoms with Gasteiger partial charge in [0, 0.05) is 35.7 Å². The largest absolute Gasteiger partial charge is 0.370 e. The molecule has 1 saturated carbocycles. The van der Waals surface area contributed by atoms with Crippen molar-refractivity contribution >= 4 is 17.7 Å². The number of nitrogens with one attached hydrogen (secondary N) is 1. The van der Waals surface area contributed by atoms with E-state index in [-0.39, 0.29) is 11.1 Å². The zero-order valence-electron chi connectivity index (χ0n) is 14.0. The number of rotatable bonds is 3. The van der Waals surface area contributed by atoms with Crippen LogP contribution in [-0.4, -0.2) is 53.1 Å². The molecule has 1 heterocycles. The van der Waals surface area contributed by atoms with E-state index in [9.17, 15) is 0 Å². The van der Waals surface area contributed by atoms with E-state index in [1.807, 2.05) is 0 Å². The van der Waals surface area contributed by atoms with Crippen LogP contribution in [0, 0.1) is 0 Å². The van der Waals surface area contributed by atoms with Crippen molar-refractivity contribution in [3.63, 3.8) is 0 Å². The Hall–Kier alpha value is -0.420. The molecule has 1 aliphatic carbocycles. The van der Waals surface area contributed by atoms with Crippen LogP contribution in [-0.2, 0) is 0 Å². The summed E-state index contributed by atoms with van der Waals surface area (Å²) in [4.78, 5) is 7.42. The van der Waals surface area contributed by atoms with Crippen LogP contribution in [0.2, 0.25) is 0 Å². The quantitative estimate of drug-likeness (QED) is 0.621. The third-order valence-corrected chi connectivity index (χ3v) is 5.46. The van der Waals surface area contributed by atoms with E-state index >= 15 is 0 Å². The molecule has 2 aliphatic rings. The van der Waals surface area contributed by atoms with Crippen molar-refractivity contribution in [1.82, 2.24) is 10.2 Å². The minimum atomic E-state index is -0.0188. The summed E-state index contributed by atoms with van der Waals surface area (Å²) in [6.07, 6.45) is 6.62. The summed E-state index contributed by atoms with van der Waals surface area (Å²) in [5, 5.41) is 3.28. The van der Waals surface area contributed by atoms with Gasteiger partial charge in [-0.1, -0.05) is 19.3 Å². The Kier molecular flexibility index (Phi) is 5.83. The molecule has 0 radical (unpaired) electrons. The van der Waals surface area contributed by atoms with Crippen LogP contribution in [0.15, 0.2) is 4.99 Å². The molecule has 0 bridgehead atoms.